The summed E-state index contributed by atoms with van der Waals surface area (Å²) in [6, 6.07) is 8.35. The Morgan fingerprint density at radius 2 is 1.70 bits per heavy atom. The van der Waals surface area contributed by atoms with Gasteiger partial charge >= 0.3 is 6.18 Å². The maximum atomic E-state index is 15.4. The first-order chi connectivity index (χ1) is 28.4. The highest BCUT2D eigenvalue weighted by Gasteiger charge is 2.66. The molecular formula is C42H42ClF7N6O4S. The summed E-state index contributed by atoms with van der Waals surface area (Å²) in [6.45, 7) is 4.45. The molecule has 0 spiro atoms. The van der Waals surface area contributed by atoms with Crippen LogP contribution in [0.3, 0.4) is 0 Å². The first kappa shape index (κ1) is 45.5. The van der Waals surface area contributed by atoms with Crippen LogP contribution in [-0.2, 0) is 40.1 Å². The van der Waals surface area contributed by atoms with Crippen molar-refractivity contribution in [3.63, 3.8) is 0 Å². The number of nitrogens with two attached hydrogens (primary N) is 1. The molecule has 1 fully saturated rings. The quantitative estimate of drug-likeness (QED) is 0.0993. The molecular weight excluding hydrogens is 853 g/mol. The van der Waals surface area contributed by atoms with Crippen molar-refractivity contribution in [1.82, 2.24) is 24.5 Å². The van der Waals surface area contributed by atoms with Gasteiger partial charge in [-0.05, 0) is 87.8 Å². The molecule has 1 saturated carbocycles. The SMILES string of the molecule is CCCO.Cc1nn(CC(=O)C[C@@H](Cc2cc(F)cc(F)c2)c2nc(C#CC(C)(C)S(C)(=O)=O)ccc2-c2ccc(Cl)c3c(N)nn(CC(F)(F)F)c23)c2c1[C@H]1C[C@H]1C2(F)F. The molecule has 0 aliphatic heterocycles. The fraction of sp³-hybridized carbons (Fsp3) is 0.429. The van der Waals surface area contributed by atoms with Gasteiger partial charge < -0.3 is 10.8 Å². The van der Waals surface area contributed by atoms with Crippen molar-refractivity contribution >= 4 is 43.9 Å². The van der Waals surface area contributed by atoms with Crippen molar-refractivity contribution in [2.24, 2.45) is 5.92 Å². The van der Waals surface area contributed by atoms with Crippen molar-refractivity contribution in [2.75, 3.05) is 18.6 Å². The number of ketones is 1. The molecule has 5 aromatic rings. The van der Waals surface area contributed by atoms with Crippen molar-refractivity contribution in [1.29, 1.82) is 0 Å². The zero-order valence-corrected chi connectivity index (χ0v) is 35.2. The Labute approximate surface area is 352 Å². The van der Waals surface area contributed by atoms with E-state index in [1.54, 1.807) is 6.92 Å². The summed E-state index contributed by atoms with van der Waals surface area (Å²) >= 11 is 6.44. The second-order valence-electron chi connectivity index (χ2n) is 15.9. The second-order valence-corrected chi connectivity index (χ2v) is 18.8. The van der Waals surface area contributed by atoms with Crippen LogP contribution in [0.5, 0.6) is 0 Å². The smallest absolute Gasteiger partial charge is 0.396 e. The van der Waals surface area contributed by atoms with E-state index in [1.165, 1.54) is 38.1 Å². The number of carbonyl (C=O) groups excluding carboxylic acids is 1. The molecule has 3 N–H and O–H groups in total. The van der Waals surface area contributed by atoms with Gasteiger partial charge in [0.2, 0.25) is 0 Å². The molecule has 0 bridgehead atoms. The van der Waals surface area contributed by atoms with Crippen LogP contribution in [0.15, 0.2) is 42.5 Å². The second kappa shape index (κ2) is 16.7. The summed E-state index contributed by atoms with van der Waals surface area (Å²) in [5.41, 5.74) is 6.68. The molecule has 10 nitrogen and oxygen atoms in total. The van der Waals surface area contributed by atoms with Crippen LogP contribution in [0.4, 0.5) is 36.6 Å². The summed E-state index contributed by atoms with van der Waals surface area (Å²) in [7, 11) is -3.71. The van der Waals surface area contributed by atoms with Gasteiger partial charge in [0.15, 0.2) is 21.4 Å². The minimum Gasteiger partial charge on any atom is -0.396 e. The number of anilines is 1. The van der Waals surface area contributed by atoms with E-state index in [9.17, 15) is 35.2 Å². The largest absolute Gasteiger partial charge is 0.408 e. The van der Waals surface area contributed by atoms with Gasteiger partial charge in [0.25, 0.3) is 5.92 Å². The Kier molecular flexibility index (Phi) is 12.5. The Morgan fingerprint density at radius 3 is 2.31 bits per heavy atom. The number of aliphatic hydroxyl groups is 1. The molecule has 3 aromatic heterocycles. The first-order valence-corrected chi connectivity index (χ1v) is 21.4. The summed E-state index contributed by atoms with van der Waals surface area (Å²) in [5, 5.41) is 16.0. The number of hydrogen-bond acceptors (Lipinski definition) is 8. The average molecular weight is 895 g/mol. The fourth-order valence-corrected chi connectivity index (χ4v) is 8.07. The fourth-order valence-electron chi connectivity index (χ4n) is 7.58. The van der Waals surface area contributed by atoms with Crippen LogP contribution < -0.4 is 5.73 Å². The van der Waals surface area contributed by atoms with Gasteiger partial charge in [-0.2, -0.15) is 32.1 Å². The van der Waals surface area contributed by atoms with Crippen LogP contribution in [0.2, 0.25) is 5.02 Å². The topological polar surface area (TPSA) is 146 Å². The van der Waals surface area contributed by atoms with Gasteiger partial charge in [-0.3, -0.25) is 14.2 Å². The highest BCUT2D eigenvalue weighted by Crippen LogP contribution is 2.67. The third-order valence-corrected chi connectivity index (χ3v) is 13.0. The number of nitrogens with zero attached hydrogens (tertiary/aromatic N) is 5. The number of nitrogen functional groups attached to an aromatic ring is 1. The lowest BCUT2D eigenvalue weighted by Crippen LogP contribution is -2.28. The predicted molar refractivity (Wildman–Crippen MR) is 216 cm³/mol. The number of fused-ring (bicyclic) bond motifs is 4. The van der Waals surface area contributed by atoms with E-state index in [0.717, 1.165) is 29.5 Å². The van der Waals surface area contributed by atoms with Crippen LogP contribution >= 0.6 is 11.6 Å². The molecule has 19 heteroatoms. The lowest BCUT2D eigenvalue weighted by molar-refractivity contribution is -0.141. The normalized spacial score (nSPS) is 17.2. The van der Waals surface area contributed by atoms with Crippen LogP contribution in [-0.4, -0.2) is 67.6 Å². The third-order valence-electron chi connectivity index (χ3n) is 10.8. The van der Waals surface area contributed by atoms with E-state index < -0.39 is 75.4 Å². The van der Waals surface area contributed by atoms with Crippen molar-refractivity contribution in [3.8, 4) is 23.0 Å². The maximum Gasteiger partial charge on any atom is 0.408 e. The van der Waals surface area contributed by atoms with Gasteiger partial charge in [0.1, 0.15) is 40.9 Å². The zero-order valence-electron chi connectivity index (χ0n) is 33.6. The van der Waals surface area contributed by atoms with Crippen LogP contribution in [0.25, 0.3) is 22.0 Å². The van der Waals surface area contributed by atoms with E-state index in [1.807, 2.05) is 6.92 Å². The molecule has 61 heavy (non-hydrogen) atoms. The summed E-state index contributed by atoms with van der Waals surface area (Å²) in [6.07, 6.45) is -3.32. The van der Waals surface area contributed by atoms with E-state index >= 15 is 8.78 Å². The van der Waals surface area contributed by atoms with Gasteiger partial charge in [-0.1, -0.05) is 30.5 Å². The van der Waals surface area contributed by atoms with Gasteiger partial charge in [-0.25, -0.2) is 22.2 Å². The number of halogens is 8. The number of alkyl halides is 5. The number of sulfone groups is 1. The molecule has 2 aliphatic rings. The molecule has 2 aliphatic carbocycles. The van der Waals surface area contributed by atoms with Gasteiger partial charge in [0, 0.05) is 53.9 Å². The summed E-state index contributed by atoms with van der Waals surface area (Å²) < 4.78 is 127. The molecule has 3 heterocycles. The zero-order chi connectivity index (χ0) is 45.0. The Bertz CT molecular complexity index is 2680. The van der Waals surface area contributed by atoms with E-state index in [4.69, 9.17) is 27.4 Å². The number of pyridine rings is 1. The summed E-state index contributed by atoms with van der Waals surface area (Å²) in [4.78, 5) is 18.8. The maximum absolute atomic E-state index is 15.4. The van der Waals surface area contributed by atoms with Crippen molar-refractivity contribution < 1.29 is 49.1 Å². The molecule has 0 unspecified atom stereocenters. The Morgan fingerprint density at radius 1 is 1.07 bits per heavy atom. The van der Waals surface area contributed by atoms with Gasteiger partial charge in [-0.15, -0.1) is 0 Å². The molecule has 0 radical (unpaired) electrons. The first-order valence-electron chi connectivity index (χ1n) is 19.1. The van der Waals surface area contributed by atoms with Crippen molar-refractivity contribution in [3.05, 3.63) is 93.0 Å². The Balaban J connectivity index is 0.00000149. The monoisotopic (exact) mass is 894 g/mol. The lowest BCUT2D eigenvalue weighted by atomic mass is 9.86. The van der Waals surface area contributed by atoms with E-state index in [2.05, 4.69) is 22.0 Å². The minimum atomic E-state index is -4.75. The Hall–Kier alpha value is -4.99. The number of rotatable bonds is 11. The highest BCUT2D eigenvalue weighted by atomic mass is 35.5. The van der Waals surface area contributed by atoms with Crippen molar-refractivity contribution in [2.45, 2.75) is 95.1 Å². The van der Waals surface area contributed by atoms with Crippen LogP contribution in [0.1, 0.15) is 85.8 Å². The number of carbonyl (C=O) groups is 1. The molecule has 326 valence electrons. The standard InChI is InChI=1S/C39H34ClF7N6O3S.C3H8O/c1-19-31-28-16-29(28)39(46,47)35(31)52(50-19)17-25(54)14-21(11-20-12-22(41)15-23(42)13-20)33-26(6-5-24(49-33)9-10-37(2,3)57(4,55)56)27-7-8-30(40)32-34(27)53(51-36(32)48)18-38(43,44)45;1-2-3-4/h5-8,12-13,15,21,28-29H,11,14,16-18H2,1-4H3,(H2,48,51);4H,2-3H2,1H3/t21-,28+,29-;/m1./s1. The number of aryl methyl sites for hydroxylation is 1. The number of benzene rings is 2. The number of aromatic nitrogens is 5. The van der Waals surface area contributed by atoms with E-state index in [-0.39, 0.29) is 67.9 Å². The van der Waals surface area contributed by atoms with Gasteiger partial charge in [0.05, 0.1) is 27.3 Å². The predicted octanol–water partition coefficient (Wildman–Crippen LogP) is 8.44. The molecule has 0 saturated heterocycles. The van der Waals surface area contributed by atoms with E-state index in [0.29, 0.717) is 35.0 Å². The molecule has 0 amide bonds. The lowest BCUT2D eigenvalue weighted by Gasteiger charge is -2.22. The highest BCUT2D eigenvalue weighted by molar-refractivity contribution is 7.92. The molecule has 2 aromatic carbocycles. The minimum absolute atomic E-state index is 0.00684. The average Bonchev–Trinajstić information content (AvgIpc) is 3.72. The third kappa shape index (κ3) is 9.43. The molecule has 3 atom stereocenters. The molecule has 7 rings (SSSR count). The summed E-state index contributed by atoms with van der Waals surface area (Å²) in [5.74, 6) is -2.94. The number of Topliss-reactive ketones (excluding diaryl/α,β-unsaturated/α-hetero) is 1. The number of aliphatic hydroxyl groups excluding tert-OH is 1. The van der Waals surface area contributed by atoms with Crippen LogP contribution in [0, 0.1) is 36.3 Å². The number of hydrogen-bond donors (Lipinski definition) is 2.